The van der Waals surface area contributed by atoms with Crippen molar-refractivity contribution in [1.29, 1.82) is 0 Å². The largest absolute Gasteiger partial charge is 0.378 e. The van der Waals surface area contributed by atoms with Gasteiger partial charge in [-0.1, -0.05) is 31.4 Å². The first-order valence-corrected chi connectivity index (χ1v) is 11.7. The molecule has 0 spiro atoms. The van der Waals surface area contributed by atoms with Crippen molar-refractivity contribution in [3.8, 4) is 0 Å². The molecule has 1 aliphatic rings. The van der Waals surface area contributed by atoms with Crippen molar-refractivity contribution >= 4 is 23.1 Å². The maximum atomic E-state index is 12.9. The predicted molar refractivity (Wildman–Crippen MR) is 132 cm³/mol. The Kier molecular flexibility index (Phi) is 6.68. The molecular formula is C26H35N5O. The SMILES string of the molecule is Cc1nc2ccc(C(=O)NCc3ccc(N(C)C)cc3)cn2c1N(C)CC1CCCCC1. The van der Waals surface area contributed by atoms with E-state index in [2.05, 4.69) is 57.8 Å². The fraction of sp³-hybridized carbons (Fsp3) is 0.462. The number of anilines is 2. The molecule has 1 saturated carbocycles. The number of carbonyl (C=O) groups is 1. The number of fused-ring (bicyclic) bond motifs is 1. The van der Waals surface area contributed by atoms with Gasteiger partial charge in [-0.15, -0.1) is 0 Å². The molecule has 0 aliphatic heterocycles. The highest BCUT2D eigenvalue weighted by molar-refractivity contribution is 5.94. The second kappa shape index (κ2) is 9.63. The van der Waals surface area contributed by atoms with Crippen LogP contribution in [0.4, 0.5) is 11.5 Å². The van der Waals surface area contributed by atoms with E-state index in [9.17, 15) is 4.79 Å². The van der Waals surface area contributed by atoms with Crippen LogP contribution in [-0.4, -0.2) is 43.0 Å². The third kappa shape index (κ3) is 4.90. The number of aromatic nitrogens is 2. The van der Waals surface area contributed by atoms with Gasteiger partial charge in [0.15, 0.2) is 0 Å². The molecule has 6 nitrogen and oxygen atoms in total. The highest BCUT2D eigenvalue weighted by Crippen LogP contribution is 2.28. The third-order valence-corrected chi connectivity index (χ3v) is 6.55. The van der Waals surface area contributed by atoms with Gasteiger partial charge in [-0.05, 0) is 55.5 Å². The van der Waals surface area contributed by atoms with Crippen molar-refractivity contribution in [2.24, 2.45) is 5.92 Å². The summed E-state index contributed by atoms with van der Waals surface area (Å²) >= 11 is 0. The lowest BCUT2D eigenvalue weighted by molar-refractivity contribution is 0.0950. The zero-order valence-electron chi connectivity index (χ0n) is 19.8. The molecule has 1 aromatic carbocycles. The molecule has 1 N–H and O–H groups in total. The lowest BCUT2D eigenvalue weighted by atomic mass is 9.89. The van der Waals surface area contributed by atoms with Crippen LogP contribution < -0.4 is 15.1 Å². The molecule has 170 valence electrons. The Labute approximate surface area is 191 Å². The third-order valence-electron chi connectivity index (χ3n) is 6.55. The number of imidazole rings is 1. The van der Waals surface area contributed by atoms with E-state index in [0.717, 1.165) is 40.9 Å². The zero-order valence-corrected chi connectivity index (χ0v) is 19.8. The van der Waals surface area contributed by atoms with Crippen molar-refractivity contribution in [2.45, 2.75) is 45.6 Å². The number of nitrogens with zero attached hydrogens (tertiary/aromatic N) is 4. The van der Waals surface area contributed by atoms with Gasteiger partial charge < -0.3 is 15.1 Å². The van der Waals surface area contributed by atoms with Gasteiger partial charge >= 0.3 is 0 Å². The molecule has 2 heterocycles. The predicted octanol–water partition coefficient (Wildman–Crippen LogP) is 4.66. The number of aryl methyl sites for hydroxylation is 1. The lowest BCUT2D eigenvalue weighted by Crippen LogP contribution is -2.28. The van der Waals surface area contributed by atoms with Gasteiger partial charge in [0.2, 0.25) is 0 Å². The molecule has 32 heavy (non-hydrogen) atoms. The highest BCUT2D eigenvalue weighted by atomic mass is 16.1. The fourth-order valence-electron chi connectivity index (χ4n) is 4.78. The van der Waals surface area contributed by atoms with E-state index in [1.165, 1.54) is 32.1 Å². The van der Waals surface area contributed by atoms with Gasteiger partial charge in [-0.2, -0.15) is 0 Å². The van der Waals surface area contributed by atoms with E-state index in [1.54, 1.807) is 0 Å². The quantitative estimate of drug-likeness (QED) is 0.589. The molecular weight excluding hydrogens is 398 g/mol. The van der Waals surface area contributed by atoms with Crippen molar-refractivity contribution in [2.75, 3.05) is 37.5 Å². The Morgan fingerprint density at radius 1 is 1.06 bits per heavy atom. The number of rotatable bonds is 7. The normalized spacial score (nSPS) is 14.5. The van der Waals surface area contributed by atoms with Gasteiger partial charge in [-0.25, -0.2) is 4.98 Å². The number of carbonyl (C=O) groups excluding carboxylic acids is 1. The molecule has 3 aromatic rings. The van der Waals surface area contributed by atoms with Crippen LogP contribution in [0.5, 0.6) is 0 Å². The fourth-order valence-corrected chi connectivity index (χ4v) is 4.78. The zero-order chi connectivity index (χ0) is 22.7. The van der Waals surface area contributed by atoms with Crippen molar-refractivity contribution in [3.05, 3.63) is 59.4 Å². The first kappa shape index (κ1) is 22.2. The topological polar surface area (TPSA) is 52.9 Å². The number of hydrogen-bond donors (Lipinski definition) is 1. The highest BCUT2D eigenvalue weighted by Gasteiger charge is 2.20. The van der Waals surface area contributed by atoms with Gasteiger partial charge in [0.1, 0.15) is 11.5 Å². The van der Waals surface area contributed by atoms with E-state index >= 15 is 0 Å². The Hall–Kier alpha value is -3.02. The van der Waals surface area contributed by atoms with Gasteiger partial charge in [0, 0.05) is 46.1 Å². The summed E-state index contributed by atoms with van der Waals surface area (Å²) in [5.41, 5.74) is 4.75. The first-order chi connectivity index (χ1) is 15.4. The number of hydrogen-bond acceptors (Lipinski definition) is 4. The van der Waals surface area contributed by atoms with Crippen LogP contribution in [0.1, 0.15) is 53.7 Å². The molecule has 0 unspecified atom stereocenters. The second-order valence-corrected chi connectivity index (χ2v) is 9.29. The van der Waals surface area contributed by atoms with Crippen molar-refractivity contribution < 1.29 is 4.79 Å². The molecule has 4 rings (SSSR count). The van der Waals surface area contributed by atoms with Crippen LogP contribution in [0.3, 0.4) is 0 Å². The average Bonchev–Trinajstić information content (AvgIpc) is 3.13. The van der Waals surface area contributed by atoms with Crippen LogP contribution >= 0.6 is 0 Å². The minimum Gasteiger partial charge on any atom is -0.378 e. The summed E-state index contributed by atoms with van der Waals surface area (Å²) < 4.78 is 2.07. The molecule has 0 saturated heterocycles. The molecule has 0 bridgehead atoms. The monoisotopic (exact) mass is 433 g/mol. The molecule has 1 aliphatic carbocycles. The summed E-state index contributed by atoms with van der Waals surface area (Å²) in [5.74, 6) is 1.75. The Morgan fingerprint density at radius 3 is 2.47 bits per heavy atom. The van der Waals surface area contributed by atoms with E-state index in [4.69, 9.17) is 4.98 Å². The lowest BCUT2D eigenvalue weighted by Gasteiger charge is -2.28. The van der Waals surface area contributed by atoms with E-state index < -0.39 is 0 Å². The summed E-state index contributed by atoms with van der Waals surface area (Å²) in [4.78, 5) is 22.0. The molecule has 2 aromatic heterocycles. The van der Waals surface area contributed by atoms with E-state index in [-0.39, 0.29) is 5.91 Å². The summed E-state index contributed by atoms with van der Waals surface area (Å²) in [7, 11) is 6.19. The van der Waals surface area contributed by atoms with Crippen LogP contribution in [-0.2, 0) is 6.54 Å². The summed E-state index contributed by atoms with van der Waals surface area (Å²) in [5, 5.41) is 3.05. The molecule has 1 fully saturated rings. The van der Waals surface area contributed by atoms with E-state index in [1.807, 2.05) is 32.4 Å². The number of benzene rings is 1. The first-order valence-electron chi connectivity index (χ1n) is 11.7. The van der Waals surface area contributed by atoms with Gasteiger partial charge in [0.05, 0.1) is 11.3 Å². The average molecular weight is 434 g/mol. The van der Waals surface area contributed by atoms with Crippen molar-refractivity contribution in [1.82, 2.24) is 14.7 Å². The smallest absolute Gasteiger partial charge is 0.253 e. The maximum Gasteiger partial charge on any atom is 0.253 e. The summed E-state index contributed by atoms with van der Waals surface area (Å²) in [6.45, 7) is 3.59. The number of amides is 1. The maximum absolute atomic E-state index is 12.9. The Bertz CT molecular complexity index is 1060. The Balaban J connectivity index is 1.48. The van der Waals surface area contributed by atoms with Crippen LogP contribution in [0.15, 0.2) is 42.6 Å². The van der Waals surface area contributed by atoms with Crippen LogP contribution in [0.2, 0.25) is 0 Å². The summed E-state index contributed by atoms with van der Waals surface area (Å²) in [6, 6.07) is 12.0. The molecule has 1 amide bonds. The van der Waals surface area contributed by atoms with Gasteiger partial charge in [0.25, 0.3) is 5.91 Å². The molecule has 6 heteroatoms. The van der Waals surface area contributed by atoms with E-state index in [0.29, 0.717) is 12.1 Å². The minimum atomic E-state index is -0.0733. The number of nitrogens with one attached hydrogen (secondary N) is 1. The number of pyridine rings is 1. The summed E-state index contributed by atoms with van der Waals surface area (Å²) in [6.07, 6.45) is 8.59. The van der Waals surface area contributed by atoms with Crippen LogP contribution in [0.25, 0.3) is 5.65 Å². The minimum absolute atomic E-state index is 0.0733. The van der Waals surface area contributed by atoms with Crippen molar-refractivity contribution in [3.63, 3.8) is 0 Å². The van der Waals surface area contributed by atoms with Crippen LogP contribution in [0, 0.1) is 12.8 Å². The second-order valence-electron chi connectivity index (χ2n) is 9.29. The standard InChI is InChI=1S/C26H35N5O/c1-19-26(30(4)17-21-8-6-5-7-9-21)31-18-22(12-15-24(31)28-19)25(32)27-16-20-10-13-23(14-11-20)29(2)3/h10-15,18,21H,5-9,16-17H2,1-4H3,(H,27,32). The molecule has 0 atom stereocenters. The Morgan fingerprint density at radius 2 is 1.78 bits per heavy atom. The van der Waals surface area contributed by atoms with Gasteiger partial charge in [-0.3, -0.25) is 9.20 Å². The molecule has 0 radical (unpaired) electrons.